The Balaban J connectivity index is 1.47. The van der Waals surface area contributed by atoms with E-state index in [0.717, 1.165) is 13.1 Å². The predicted molar refractivity (Wildman–Crippen MR) is 151 cm³/mol. The van der Waals surface area contributed by atoms with Gasteiger partial charge in [0.05, 0.1) is 34.4 Å². The minimum absolute atomic E-state index is 0.117. The third kappa shape index (κ3) is 5.99. The van der Waals surface area contributed by atoms with Crippen molar-refractivity contribution in [2.45, 2.75) is 6.04 Å². The monoisotopic (exact) mass is 567 g/mol. The Hall–Kier alpha value is -3.70. The zero-order chi connectivity index (χ0) is 27.4. The number of oxazole rings is 1. The first kappa shape index (κ1) is 26.9. The number of hydrogen-bond donors (Lipinski definition) is 2. The normalized spacial score (nSPS) is 15.8. The van der Waals surface area contributed by atoms with Crippen LogP contribution < -0.4 is 20.3 Å². The van der Waals surface area contributed by atoms with Crippen molar-refractivity contribution in [2.24, 2.45) is 0 Å². The second-order valence-electron chi connectivity index (χ2n) is 9.07. The van der Waals surface area contributed by atoms with Crippen molar-refractivity contribution >= 4 is 40.5 Å². The topological polar surface area (TPSA) is 109 Å². The largest absolute Gasteiger partial charge is 0.454 e. The van der Waals surface area contributed by atoms with Crippen molar-refractivity contribution in [1.29, 1.82) is 0 Å². The lowest BCUT2D eigenvalue weighted by Crippen LogP contribution is -2.55. The summed E-state index contributed by atoms with van der Waals surface area (Å²) in [5.74, 6) is 0.738. The van der Waals surface area contributed by atoms with Crippen LogP contribution in [0.3, 0.4) is 0 Å². The molecule has 0 spiro atoms. The standard InChI is InChI=1S/C27H27Cl2N7O3/c1-30-14-18-15-36(12-11-35(18)2)25-20(7-8-23(24(25)29)39-22-6-4-3-5-19(22)28)33-26(37)21-16-38-27(34-21)17-9-10-31-32-13-17/h3-10,13,16,18,30H,11-12,14-15H2,1-2H3,(H,33,37)/t18-/m0/s1. The molecule has 1 amide bonds. The number of benzene rings is 2. The van der Waals surface area contributed by atoms with E-state index in [1.54, 1.807) is 30.3 Å². The van der Waals surface area contributed by atoms with Gasteiger partial charge in [0, 0.05) is 32.2 Å². The van der Waals surface area contributed by atoms with Crippen molar-refractivity contribution in [1.82, 2.24) is 25.4 Å². The second-order valence-corrected chi connectivity index (χ2v) is 9.85. The summed E-state index contributed by atoms with van der Waals surface area (Å²) in [6.07, 6.45) is 4.34. The molecule has 39 heavy (non-hydrogen) atoms. The number of piperazine rings is 1. The molecule has 0 saturated carbocycles. The number of carbonyl (C=O) groups is 1. The molecule has 1 atom stereocenters. The summed E-state index contributed by atoms with van der Waals surface area (Å²) in [6, 6.07) is 12.6. The molecule has 1 saturated heterocycles. The average molecular weight is 568 g/mol. The SMILES string of the molecule is CNC[C@H]1CN(c2c(NC(=O)c3coc(-c4ccnnc4)n3)ccc(Oc3ccccc3Cl)c2Cl)CCN1C. The van der Waals surface area contributed by atoms with Gasteiger partial charge in [0.1, 0.15) is 22.8 Å². The number of rotatable bonds is 8. The Kier molecular flexibility index (Phi) is 8.27. The van der Waals surface area contributed by atoms with Gasteiger partial charge in [-0.15, -0.1) is 0 Å². The number of amides is 1. The summed E-state index contributed by atoms with van der Waals surface area (Å²) in [4.78, 5) is 22.0. The highest BCUT2D eigenvalue weighted by molar-refractivity contribution is 6.36. The summed E-state index contributed by atoms with van der Waals surface area (Å²) in [6.45, 7) is 3.02. The van der Waals surface area contributed by atoms with Gasteiger partial charge in [0.15, 0.2) is 5.69 Å². The molecule has 2 aromatic carbocycles. The van der Waals surface area contributed by atoms with E-state index in [4.69, 9.17) is 32.4 Å². The molecule has 1 fully saturated rings. The molecule has 2 N–H and O–H groups in total. The van der Waals surface area contributed by atoms with Crippen LogP contribution >= 0.6 is 23.2 Å². The van der Waals surface area contributed by atoms with Crippen LogP contribution in [0.1, 0.15) is 10.5 Å². The van der Waals surface area contributed by atoms with E-state index in [0.29, 0.717) is 51.6 Å². The number of nitrogens with zero attached hydrogens (tertiary/aromatic N) is 5. The van der Waals surface area contributed by atoms with E-state index in [9.17, 15) is 4.79 Å². The van der Waals surface area contributed by atoms with E-state index in [2.05, 4.69) is 42.7 Å². The first-order valence-corrected chi connectivity index (χ1v) is 13.1. The number of nitrogens with one attached hydrogen (secondary N) is 2. The fourth-order valence-electron chi connectivity index (χ4n) is 4.40. The van der Waals surface area contributed by atoms with Gasteiger partial charge in [-0.2, -0.15) is 10.2 Å². The zero-order valence-corrected chi connectivity index (χ0v) is 22.9. The molecule has 2 aromatic heterocycles. The molecule has 0 unspecified atom stereocenters. The van der Waals surface area contributed by atoms with Gasteiger partial charge in [0.25, 0.3) is 5.91 Å². The maximum absolute atomic E-state index is 13.3. The van der Waals surface area contributed by atoms with Crippen molar-refractivity contribution in [3.05, 3.63) is 76.9 Å². The van der Waals surface area contributed by atoms with Gasteiger partial charge < -0.3 is 24.7 Å². The summed E-state index contributed by atoms with van der Waals surface area (Å²) in [5, 5.41) is 14.6. The molecule has 0 aliphatic carbocycles. The summed E-state index contributed by atoms with van der Waals surface area (Å²) < 4.78 is 11.6. The molecule has 1 aliphatic heterocycles. The van der Waals surface area contributed by atoms with Crippen LogP contribution in [0.15, 0.2) is 65.5 Å². The molecule has 0 bridgehead atoms. The lowest BCUT2D eigenvalue weighted by molar-refractivity contribution is 0.102. The molecule has 3 heterocycles. The van der Waals surface area contributed by atoms with E-state index in [1.165, 1.54) is 18.7 Å². The molecule has 12 heteroatoms. The Morgan fingerprint density at radius 1 is 1.13 bits per heavy atom. The minimum atomic E-state index is -0.440. The maximum Gasteiger partial charge on any atom is 0.277 e. The van der Waals surface area contributed by atoms with Crippen molar-refractivity contribution in [3.8, 4) is 23.0 Å². The number of carbonyl (C=O) groups excluding carboxylic acids is 1. The van der Waals surface area contributed by atoms with E-state index in [1.807, 2.05) is 19.2 Å². The number of para-hydroxylation sites is 1. The Morgan fingerprint density at radius 2 is 1.97 bits per heavy atom. The summed E-state index contributed by atoms with van der Waals surface area (Å²) in [7, 11) is 4.03. The molecule has 0 radical (unpaired) electrons. The molecule has 4 aromatic rings. The maximum atomic E-state index is 13.3. The predicted octanol–water partition coefficient (Wildman–Crippen LogP) is 4.82. The van der Waals surface area contributed by atoms with Crippen molar-refractivity contribution in [3.63, 3.8) is 0 Å². The third-order valence-electron chi connectivity index (χ3n) is 6.49. The average Bonchev–Trinajstić information content (AvgIpc) is 3.44. The first-order chi connectivity index (χ1) is 18.9. The van der Waals surface area contributed by atoms with Crippen LogP contribution in [0.25, 0.3) is 11.5 Å². The highest BCUT2D eigenvalue weighted by atomic mass is 35.5. The highest BCUT2D eigenvalue weighted by Gasteiger charge is 2.29. The second kappa shape index (κ2) is 12.0. The number of hydrogen-bond acceptors (Lipinski definition) is 9. The van der Waals surface area contributed by atoms with E-state index < -0.39 is 5.91 Å². The molecule has 10 nitrogen and oxygen atoms in total. The lowest BCUT2D eigenvalue weighted by Gasteiger charge is -2.41. The van der Waals surface area contributed by atoms with Crippen LogP contribution in [0.5, 0.6) is 11.5 Å². The molecule has 1 aliphatic rings. The van der Waals surface area contributed by atoms with Gasteiger partial charge in [-0.3, -0.25) is 9.69 Å². The van der Waals surface area contributed by atoms with Crippen LogP contribution in [0.2, 0.25) is 10.0 Å². The fourth-order valence-corrected chi connectivity index (χ4v) is 4.90. The van der Waals surface area contributed by atoms with Crippen LogP contribution in [-0.4, -0.2) is 72.3 Å². The van der Waals surface area contributed by atoms with E-state index >= 15 is 0 Å². The van der Waals surface area contributed by atoms with Crippen molar-refractivity contribution < 1.29 is 13.9 Å². The third-order valence-corrected chi connectivity index (χ3v) is 7.16. The number of ether oxygens (including phenoxy) is 1. The number of anilines is 2. The first-order valence-electron chi connectivity index (χ1n) is 12.3. The molecular weight excluding hydrogens is 541 g/mol. The fraction of sp³-hybridized carbons (Fsp3) is 0.259. The number of likely N-dealkylation sites (N-methyl/N-ethyl adjacent to an activating group) is 2. The van der Waals surface area contributed by atoms with Crippen LogP contribution in [0, 0.1) is 0 Å². The van der Waals surface area contributed by atoms with Crippen molar-refractivity contribution in [2.75, 3.05) is 50.5 Å². The van der Waals surface area contributed by atoms with Gasteiger partial charge >= 0.3 is 0 Å². The summed E-state index contributed by atoms with van der Waals surface area (Å²) in [5.41, 5.74) is 1.92. The Labute approximate surface area is 235 Å². The van der Waals surface area contributed by atoms with Gasteiger partial charge in [-0.1, -0.05) is 35.3 Å². The van der Waals surface area contributed by atoms with Gasteiger partial charge in [-0.25, -0.2) is 4.98 Å². The van der Waals surface area contributed by atoms with Gasteiger partial charge in [-0.05, 0) is 44.4 Å². The molecule has 5 rings (SSSR count). The lowest BCUT2D eigenvalue weighted by atomic mass is 10.1. The Morgan fingerprint density at radius 3 is 2.74 bits per heavy atom. The quantitative estimate of drug-likeness (QED) is 0.309. The Bertz CT molecular complexity index is 1450. The smallest absolute Gasteiger partial charge is 0.277 e. The summed E-state index contributed by atoms with van der Waals surface area (Å²) >= 11 is 13.3. The van der Waals surface area contributed by atoms with Gasteiger partial charge in [0.2, 0.25) is 5.89 Å². The zero-order valence-electron chi connectivity index (χ0n) is 21.4. The van der Waals surface area contributed by atoms with Crippen LogP contribution in [-0.2, 0) is 0 Å². The number of halogens is 2. The highest BCUT2D eigenvalue weighted by Crippen LogP contribution is 2.44. The molecule has 202 valence electrons. The van der Waals surface area contributed by atoms with Crippen LogP contribution in [0.4, 0.5) is 11.4 Å². The molecular formula is C27H27Cl2N7O3. The minimum Gasteiger partial charge on any atom is -0.454 e. The number of aromatic nitrogens is 3. The van der Waals surface area contributed by atoms with E-state index in [-0.39, 0.29) is 17.6 Å².